The number of benzene rings is 3. The van der Waals surface area contributed by atoms with Crippen LogP contribution in [0.2, 0.25) is 0 Å². The van der Waals surface area contributed by atoms with E-state index in [4.69, 9.17) is 14.2 Å². The predicted octanol–water partition coefficient (Wildman–Crippen LogP) is 9.19. The Morgan fingerprint density at radius 3 is 2.06 bits per heavy atom. The van der Waals surface area contributed by atoms with Gasteiger partial charge < -0.3 is 24.8 Å². The first-order valence-electron chi connectivity index (χ1n) is 16.8. The van der Waals surface area contributed by atoms with Gasteiger partial charge in [0.15, 0.2) is 23.1 Å². The van der Waals surface area contributed by atoms with Crippen molar-refractivity contribution < 1.29 is 32.6 Å². The molecule has 2 amide bonds. The van der Waals surface area contributed by atoms with E-state index in [0.29, 0.717) is 59.2 Å². The molecule has 0 radical (unpaired) electrons. The van der Waals surface area contributed by atoms with Crippen LogP contribution in [-0.4, -0.2) is 30.5 Å². The molecule has 0 unspecified atom stereocenters. The lowest BCUT2D eigenvalue weighted by Gasteiger charge is -2.20. The van der Waals surface area contributed by atoms with Crippen LogP contribution < -0.4 is 24.8 Å². The van der Waals surface area contributed by atoms with E-state index in [1.54, 1.807) is 25.4 Å². The van der Waals surface area contributed by atoms with Crippen LogP contribution in [-0.2, 0) is 9.59 Å². The van der Waals surface area contributed by atoms with Crippen molar-refractivity contribution in [1.29, 1.82) is 0 Å². The molecule has 2 aliphatic carbocycles. The summed E-state index contributed by atoms with van der Waals surface area (Å²) >= 11 is 0. The summed E-state index contributed by atoms with van der Waals surface area (Å²) < 4.78 is 46.5. The van der Waals surface area contributed by atoms with E-state index in [0.717, 1.165) is 18.9 Å². The van der Waals surface area contributed by atoms with Gasteiger partial charge in [0.05, 0.1) is 19.2 Å². The number of fused-ring (bicyclic) bond motifs is 1. The number of aromatic nitrogens is 1. The highest BCUT2D eigenvalue weighted by molar-refractivity contribution is 6.16. The third-order valence-corrected chi connectivity index (χ3v) is 9.32. The van der Waals surface area contributed by atoms with Crippen molar-refractivity contribution >= 4 is 34.1 Å². The van der Waals surface area contributed by atoms with Crippen LogP contribution in [0.3, 0.4) is 0 Å². The molecule has 10 heteroatoms. The van der Waals surface area contributed by atoms with Crippen molar-refractivity contribution in [3.05, 3.63) is 78.5 Å². The van der Waals surface area contributed by atoms with Gasteiger partial charge in [-0.15, -0.1) is 0 Å². The van der Waals surface area contributed by atoms with Gasteiger partial charge in [0, 0.05) is 35.1 Å². The molecular weight excluding hydrogens is 616 g/mol. The van der Waals surface area contributed by atoms with Crippen molar-refractivity contribution in [2.24, 2.45) is 11.3 Å². The first-order chi connectivity index (χ1) is 23.3. The second-order valence-corrected chi connectivity index (χ2v) is 12.8. The number of rotatable bonds is 10. The molecule has 48 heavy (non-hydrogen) atoms. The fourth-order valence-electron chi connectivity index (χ4n) is 6.26. The number of nitrogens with zero attached hydrogens (tertiary/aromatic N) is 1. The molecule has 1 aromatic heterocycles. The smallest absolute Gasteiger partial charge is 0.240 e. The van der Waals surface area contributed by atoms with Crippen LogP contribution in [0.15, 0.2) is 66.9 Å². The summed E-state index contributed by atoms with van der Waals surface area (Å²) in [5.41, 5.74) is -0.0869. The number of ether oxygens (including phenoxy) is 3. The van der Waals surface area contributed by atoms with Gasteiger partial charge in [-0.2, -0.15) is 0 Å². The Kier molecular flexibility index (Phi) is 10.4. The number of methoxy groups -OCH3 is 1. The number of carbonyl (C=O) groups excluding carboxylic acids is 2. The molecule has 0 bridgehead atoms. The molecule has 8 nitrogen and oxygen atoms in total. The number of hydrogen-bond donors (Lipinski definition) is 2. The molecule has 4 aromatic rings. The lowest BCUT2D eigenvalue weighted by Crippen LogP contribution is -2.35. The van der Waals surface area contributed by atoms with E-state index in [2.05, 4.69) is 15.6 Å². The van der Waals surface area contributed by atoms with Crippen LogP contribution in [0.5, 0.6) is 23.0 Å². The maximum absolute atomic E-state index is 15.3. The summed E-state index contributed by atoms with van der Waals surface area (Å²) in [6, 6.07) is 14.6. The molecule has 252 valence electrons. The second-order valence-electron chi connectivity index (χ2n) is 12.8. The van der Waals surface area contributed by atoms with Gasteiger partial charge in [-0.3, -0.25) is 14.6 Å². The van der Waals surface area contributed by atoms with Crippen molar-refractivity contribution in [2.75, 3.05) is 24.4 Å². The highest BCUT2D eigenvalue weighted by Crippen LogP contribution is 2.48. The molecule has 0 aliphatic heterocycles. The molecular formula is C38H41F2N3O5. The van der Waals surface area contributed by atoms with E-state index in [1.807, 2.05) is 6.07 Å². The molecule has 1 heterocycles. The highest BCUT2D eigenvalue weighted by Gasteiger charge is 2.56. The number of amides is 2. The number of halogens is 2. The molecule has 3 aromatic carbocycles. The van der Waals surface area contributed by atoms with E-state index in [1.165, 1.54) is 81.3 Å². The molecule has 2 aliphatic rings. The molecule has 2 fully saturated rings. The topological polar surface area (TPSA) is 98.8 Å². The lowest BCUT2D eigenvalue weighted by molar-refractivity contribution is -0.131. The number of pyridine rings is 1. The molecule has 2 saturated carbocycles. The largest absolute Gasteiger partial charge is 0.493 e. The summed E-state index contributed by atoms with van der Waals surface area (Å²) in [6.07, 6.45) is 13.6. The Morgan fingerprint density at radius 2 is 1.42 bits per heavy atom. The van der Waals surface area contributed by atoms with E-state index < -0.39 is 28.9 Å². The van der Waals surface area contributed by atoms with Crippen molar-refractivity contribution in [3.63, 3.8) is 0 Å². The third-order valence-electron chi connectivity index (χ3n) is 9.32. The Labute approximate surface area is 279 Å². The molecule has 0 spiro atoms. The maximum Gasteiger partial charge on any atom is 0.240 e. The van der Waals surface area contributed by atoms with Gasteiger partial charge in [0.1, 0.15) is 17.0 Å². The van der Waals surface area contributed by atoms with Crippen LogP contribution in [0.25, 0.3) is 10.9 Å². The first kappa shape index (κ1) is 33.2. The Balaban J connectivity index is 1.12. The Bertz CT molecular complexity index is 1750. The SMILES string of the molecule is COc1cc2c(Oc3ccc(NC(=O)C4(C(=O)Nc5ccc(F)cc5)CC4)cc3F)ccnc2cc1OCC1CCCCCCCCC1. The zero-order chi connectivity index (χ0) is 33.5. The number of carbonyl (C=O) groups is 2. The van der Waals surface area contributed by atoms with Gasteiger partial charge in [-0.05, 0) is 80.1 Å². The van der Waals surface area contributed by atoms with Gasteiger partial charge in [0.25, 0.3) is 0 Å². The molecule has 0 saturated heterocycles. The number of hydrogen-bond acceptors (Lipinski definition) is 6. The standard InChI is InChI=1S/C38H41F2N3O5/c1-46-34-22-29-31(23-35(34)47-24-25-9-7-5-3-2-4-6-8-10-25)41-20-17-32(29)48-33-16-15-28(21-30(33)40)43-37(45)38(18-19-38)36(44)42-27-13-11-26(39)12-14-27/h11-17,20-23,25H,2-10,18-19,24H2,1H3,(H,42,44)(H,43,45). The Morgan fingerprint density at radius 1 is 0.771 bits per heavy atom. The maximum atomic E-state index is 15.3. The summed E-state index contributed by atoms with van der Waals surface area (Å²) in [7, 11) is 1.58. The monoisotopic (exact) mass is 657 g/mol. The van der Waals surface area contributed by atoms with Gasteiger partial charge in [-0.25, -0.2) is 8.78 Å². The van der Waals surface area contributed by atoms with Gasteiger partial charge >= 0.3 is 0 Å². The van der Waals surface area contributed by atoms with Crippen LogP contribution in [0.1, 0.15) is 70.6 Å². The fraction of sp³-hybridized carbons (Fsp3) is 0.395. The summed E-state index contributed by atoms with van der Waals surface area (Å²) in [5.74, 6) is -0.196. The average molecular weight is 658 g/mol. The van der Waals surface area contributed by atoms with Gasteiger partial charge in [-0.1, -0.05) is 44.9 Å². The minimum Gasteiger partial charge on any atom is -0.493 e. The minimum absolute atomic E-state index is 0.0500. The van der Waals surface area contributed by atoms with Crippen molar-refractivity contribution in [1.82, 2.24) is 4.98 Å². The third kappa shape index (κ3) is 7.86. The molecule has 0 atom stereocenters. The minimum atomic E-state index is -1.27. The number of anilines is 2. The normalized spacial score (nSPS) is 16.5. The molecule has 6 rings (SSSR count). The quantitative estimate of drug-likeness (QED) is 0.165. The summed E-state index contributed by atoms with van der Waals surface area (Å²) in [4.78, 5) is 30.5. The average Bonchev–Trinajstić information content (AvgIpc) is 3.91. The summed E-state index contributed by atoms with van der Waals surface area (Å²) in [6.45, 7) is 0.617. The van der Waals surface area contributed by atoms with E-state index in [-0.39, 0.29) is 11.4 Å². The van der Waals surface area contributed by atoms with E-state index >= 15 is 4.39 Å². The number of nitrogens with one attached hydrogen (secondary N) is 2. The predicted molar refractivity (Wildman–Crippen MR) is 181 cm³/mol. The zero-order valence-electron chi connectivity index (χ0n) is 27.2. The van der Waals surface area contributed by atoms with Crippen LogP contribution in [0.4, 0.5) is 20.2 Å². The lowest BCUT2D eigenvalue weighted by atomic mass is 9.93. The fourth-order valence-corrected chi connectivity index (χ4v) is 6.26. The van der Waals surface area contributed by atoms with Crippen LogP contribution >= 0.6 is 0 Å². The van der Waals surface area contributed by atoms with Gasteiger partial charge in [0.2, 0.25) is 11.8 Å². The highest BCUT2D eigenvalue weighted by atomic mass is 19.1. The Hall–Kier alpha value is -4.73. The second kappa shape index (κ2) is 15.0. The first-order valence-corrected chi connectivity index (χ1v) is 16.8. The summed E-state index contributed by atoms with van der Waals surface area (Å²) in [5, 5.41) is 5.94. The zero-order valence-corrected chi connectivity index (χ0v) is 27.2. The van der Waals surface area contributed by atoms with E-state index in [9.17, 15) is 14.0 Å². The van der Waals surface area contributed by atoms with Crippen molar-refractivity contribution in [3.8, 4) is 23.0 Å². The molecule has 2 N–H and O–H groups in total. The van der Waals surface area contributed by atoms with Crippen LogP contribution in [0, 0.1) is 23.0 Å². The van der Waals surface area contributed by atoms with Crippen molar-refractivity contribution in [2.45, 2.75) is 70.6 Å².